The summed E-state index contributed by atoms with van der Waals surface area (Å²) in [5.74, 6) is -0.503. The lowest BCUT2D eigenvalue weighted by atomic mass is 10.2. The van der Waals surface area contributed by atoms with E-state index in [-0.39, 0.29) is 24.9 Å². The monoisotopic (exact) mass is 588 g/mol. The Balaban J connectivity index is 1.65. The standard InChI is InChI=1S/C23H45N10O6P/c1-2-5-26-21(34)4-3-20-16-33(30-29-20)15-10-27-22(35)17-31-11-6-24-8-13-32(14-9-25-7-12-31)18-23(36)28-19-40(37,38)39/h16,24-25H,2-15,17-19H2,1H3,(H,26,34)(H,27,35)(H,28,36)(H2,37,38,39). The first kappa shape index (κ1) is 33.7. The van der Waals surface area contributed by atoms with Crippen molar-refractivity contribution >= 4 is 25.3 Å². The molecule has 7 N–H and O–H groups in total. The van der Waals surface area contributed by atoms with Gasteiger partial charge in [0, 0.05) is 84.5 Å². The molecular formula is C23H45N10O6P. The van der Waals surface area contributed by atoms with Gasteiger partial charge in [-0.25, -0.2) is 0 Å². The van der Waals surface area contributed by atoms with Crippen LogP contribution in [0.3, 0.4) is 0 Å². The Morgan fingerprint density at radius 3 is 2.00 bits per heavy atom. The fraction of sp³-hybridized carbons (Fsp3) is 0.783. The molecule has 0 aromatic carbocycles. The molecule has 1 fully saturated rings. The van der Waals surface area contributed by atoms with Gasteiger partial charge in [0.05, 0.1) is 25.3 Å². The molecule has 40 heavy (non-hydrogen) atoms. The molecule has 0 atom stereocenters. The lowest BCUT2D eigenvalue weighted by Gasteiger charge is -2.26. The predicted octanol–water partition coefficient (Wildman–Crippen LogP) is -3.10. The summed E-state index contributed by atoms with van der Waals surface area (Å²) in [6.45, 7) is 9.06. The van der Waals surface area contributed by atoms with Crippen LogP contribution in [0.1, 0.15) is 25.5 Å². The molecule has 0 saturated carbocycles. The molecular weight excluding hydrogens is 543 g/mol. The second-order valence-corrected chi connectivity index (χ2v) is 11.3. The normalized spacial score (nSPS) is 16.5. The average Bonchev–Trinajstić information content (AvgIpc) is 3.35. The second-order valence-electron chi connectivity index (χ2n) is 9.65. The summed E-state index contributed by atoms with van der Waals surface area (Å²) < 4.78 is 12.6. The minimum absolute atomic E-state index is 0.000364. The maximum atomic E-state index is 12.5. The van der Waals surface area contributed by atoms with Crippen molar-refractivity contribution in [2.24, 2.45) is 0 Å². The topological polar surface area (TPSA) is 206 Å². The molecule has 1 saturated heterocycles. The molecule has 17 heteroatoms. The van der Waals surface area contributed by atoms with Crippen LogP contribution in [0.25, 0.3) is 0 Å². The number of hydrogen-bond acceptors (Lipinski definition) is 10. The first-order valence-corrected chi connectivity index (χ1v) is 15.5. The van der Waals surface area contributed by atoms with E-state index in [2.05, 4.69) is 41.8 Å². The third-order valence-corrected chi connectivity index (χ3v) is 6.64. The van der Waals surface area contributed by atoms with Crippen molar-refractivity contribution in [3.05, 3.63) is 11.9 Å². The van der Waals surface area contributed by atoms with E-state index in [0.717, 1.165) is 12.1 Å². The summed E-state index contributed by atoms with van der Waals surface area (Å²) in [4.78, 5) is 58.1. The second kappa shape index (κ2) is 18.8. The molecule has 3 amide bonds. The fourth-order valence-electron chi connectivity index (χ4n) is 3.91. The van der Waals surface area contributed by atoms with Gasteiger partial charge in [-0.15, -0.1) is 5.10 Å². The van der Waals surface area contributed by atoms with Crippen molar-refractivity contribution in [2.45, 2.75) is 32.7 Å². The van der Waals surface area contributed by atoms with Crippen molar-refractivity contribution in [1.82, 2.24) is 51.4 Å². The maximum absolute atomic E-state index is 12.5. The Morgan fingerprint density at radius 1 is 0.900 bits per heavy atom. The number of aryl methyl sites for hydroxylation is 1. The number of carbonyl (C=O) groups is 3. The molecule has 2 rings (SSSR count). The minimum Gasteiger partial charge on any atom is -0.356 e. The summed E-state index contributed by atoms with van der Waals surface area (Å²) in [7, 11) is -4.28. The summed E-state index contributed by atoms with van der Waals surface area (Å²) >= 11 is 0. The molecule has 2 heterocycles. The Hall–Kier alpha value is -2.46. The SMILES string of the molecule is CCCNC(=O)CCc1cn(CCNC(=O)CN2CCNCCN(CC(=O)NCP(=O)(O)O)CCNCC2)nn1. The maximum Gasteiger partial charge on any atom is 0.344 e. The highest BCUT2D eigenvalue weighted by Crippen LogP contribution is 2.31. The predicted molar refractivity (Wildman–Crippen MR) is 148 cm³/mol. The van der Waals surface area contributed by atoms with Crippen LogP contribution in [-0.4, -0.2) is 137 Å². The highest BCUT2D eigenvalue weighted by atomic mass is 31.2. The van der Waals surface area contributed by atoms with Crippen LogP contribution in [0.15, 0.2) is 6.20 Å². The quantitative estimate of drug-likeness (QED) is 0.108. The molecule has 0 bridgehead atoms. The van der Waals surface area contributed by atoms with E-state index in [9.17, 15) is 18.9 Å². The van der Waals surface area contributed by atoms with Crippen LogP contribution in [0, 0.1) is 0 Å². The first-order chi connectivity index (χ1) is 19.1. The number of aromatic nitrogens is 3. The van der Waals surface area contributed by atoms with Crippen molar-refractivity contribution in [3.63, 3.8) is 0 Å². The van der Waals surface area contributed by atoms with Crippen LogP contribution in [-0.2, 0) is 31.9 Å². The lowest BCUT2D eigenvalue weighted by molar-refractivity contribution is -0.122. The van der Waals surface area contributed by atoms with Crippen LogP contribution in [0.5, 0.6) is 0 Å². The molecule has 0 aliphatic carbocycles. The van der Waals surface area contributed by atoms with E-state index in [1.165, 1.54) is 0 Å². The number of rotatable bonds is 14. The Kier molecular flexibility index (Phi) is 15.9. The zero-order valence-corrected chi connectivity index (χ0v) is 24.2. The summed E-state index contributed by atoms with van der Waals surface area (Å²) in [5.41, 5.74) is 0.739. The molecule has 1 aromatic heterocycles. The molecule has 0 spiro atoms. The molecule has 1 aromatic rings. The number of amides is 3. The van der Waals surface area contributed by atoms with Gasteiger partial charge in [-0.2, -0.15) is 0 Å². The molecule has 1 aliphatic rings. The Bertz CT molecular complexity index is 944. The lowest BCUT2D eigenvalue weighted by Crippen LogP contribution is -2.47. The molecule has 1 aliphatic heterocycles. The number of hydrogen-bond donors (Lipinski definition) is 7. The zero-order chi connectivity index (χ0) is 29.2. The molecule has 0 radical (unpaired) electrons. The van der Waals surface area contributed by atoms with Gasteiger partial charge in [-0.1, -0.05) is 12.1 Å². The van der Waals surface area contributed by atoms with Gasteiger partial charge in [0.2, 0.25) is 17.7 Å². The van der Waals surface area contributed by atoms with Crippen molar-refractivity contribution in [3.8, 4) is 0 Å². The third-order valence-electron chi connectivity index (χ3n) is 6.07. The van der Waals surface area contributed by atoms with E-state index in [1.54, 1.807) is 10.9 Å². The van der Waals surface area contributed by atoms with Crippen LogP contribution in [0.4, 0.5) is 0 Å². The summed E-state index contributed by atoms with van der Waals surface area (Å²) in [6.07, 6.45) is 2.91. The van der Waals surface area contributed by atoms with E-state index in [0.29, 0.717) is 84.8 Å². The largest absolute Gasteiger partial charge is 0.356 e. The Morgan fingerprint density at radius 2 is 1.45 bits per heavy atom. The van der Waals surface area contributed by atoms with Crippen LogP contribution >= 0.6 is 7.60 Å². The number of carbonyl (C=O) groups excluding carboxylic acids is 3. The van der Waals surface area contributed by atoms with Crippen molar-refractivity contribution < 1.29 is 28.7 Å². The molecule has 16 nitrogen and oxygen atoms in total. The summed E-state index contributed by atoms with van der Waals surface area (Å²) in [5, 5.41) is 22.8. The van der Waals surface area contributed by atoms with Crippen LogP contribution < -0.4 is 26.6 Å². The van der Waals surface area contributed by atoms with Crippen molar-refractivity contribution in [1.29, 1.82) is 0 Å². The number of nitrogens with zero attached hydrogens (tertiary/aromatic N) is 5. The Labute approximate surface area is 235 Å². The van der Waals surface area contributed by atoms with Crippen LogP contribution in [0.2, 0.25) is 0 Å². The van der Waals surface area contributed by atoms with Gasteiger partial charge >= 0.3 is 7.60 Å². The van der Waals surface area contributed by atoms with Crippen molar-refractivity contribution in [2.75, 3.05) is 84.8 Å². The van der Waals surface area contributed by atoms with E-state index < -0.39 is 19.8 Å². The van der Waals surface area contributed by atoms with E-state index >= 15 is 0 Å². The molecule has 228 valence electrons. The first-order valence-electron chi connectivity index (χ1n) is 13.7. The fourth-order valence-corrected chi connectivity index (χ4v) is 4.30. The zero-order valence-electron chi connectivity index (χ0n) is 23.3. The van der Waals surface area contributed by atoms with Gasteiger partial charge in [-0.3, -0.25) is 33.4 Å². The van der Waals surface area contributed by atoms with Gasteiger partial charge in [0.25, 0.3) is 0 Å². The average molecular weight is 589 g/mol. The smallest absolute Gasteiger partial charge is 0.344 e. The molecule has 0 unspecified atom stereocenters. The van der Waals surface area contributed by atoms with Gasteiger partial charge in [-0.05, 0) is 6.42 Å². The van der Waals surface area contributed by atoms with Gasteiger partial charge in [0.15, 0.2) is 0 Å². The highest BCUT2D eigenvalue weighted by Gasteiger charge is 2.17. The van der Waals surface area contributed by atoms with E-state index in [1.807, 2.05) is 11.8 Å². The van der Waals surface area contributed by atoms with Gasteiger partial charge < -0.3 is 36.4 Å². The van der Waals surface area contributed by atoms with E-state index in [4.69, 9.17) is 9.79 Å². The minimum atomic E-state index is -4.28. The van der Waals surface area contributed by atoms with Gasteiger partial charge in [0.1, 0.15) is 6.29 Å². The highest BCUT2D eigenvalue weighted by molar-refractivity contribution is 7.51. The third kappa shape index (κ3) is 16.0. The number of nitrogens with one attached hydrogen (secondary N) is 5. The summed E-state index contributed by atoms with van der Waals surface area (Å²) in [6, 6.07) is 0.